The maximum atomic E-state index is 11.5. The number of rotatable bonds is 3. The Hall–Kier alpha value is -1.65. The van der Waals surface area contributed by atoms with Gasteiger partial charge in [-0.15, -0.1) is 22.7 Å². The predicted molar refractivity (Wildman–Crippen MR) is 121 cm³/mol. The fraction of sp³-hybridized carbons (Fsp3) is 0. The van der Waals surface area contributed by atoms with Crippen molar-refractivity contribution in [2.45, 2.75) is 4.90 Å². The number of benzene rings is 2. The summed E-state index contributed by atoms with van der Waals surface area (Å²) in [5.74, 6) is 0. The zero-order valence-electron chi connectivity index (χ0n) is 14.2. The molecule has 0 saturated heterocycles. The summed E-state index contributed by atoms with van der Waals surface area (Å²) in [4.78, 5) is 11.7. The fourth-order valence-electron chi connectivity index (χ4n) is 3.11. The van der Waals surface area contributed by atoms with Crippen LogP contribution in [0.4, 0.5) is 0 Å². The van der Waals surface area contributed by atoms with Crippen molar-refractivity contribution in [1.82, 2.24) is 9.97 Å². The molecule has 2 aromatic carbocycles. The molecule has 3 aromatic heterocycles. The summed E-state index contributed by atoms with van der Waals surface area (Å²) >= 11 is 3.21. The molecule has 0 unspecified atom stereocenters. The van der Waals surface area contributed by atoms with Gasteiger partial charge in [0, 0.05) is 0 Å². The molecule has 0 aliphatic heterocycles. The van der Waals surface area contributed by atoms with Crippen LogP contribution >= 0.6 is 22.7 Å². The van der Waals surface area contributed by atoms with Crippen molar-refractivity contribution in [2.24, 2.45) is 0 Å². The number of aromatic nitrogens is 2. The van der Waals surface area contributed by atoms with Crippen molar-refractivity contribution < 1.29 is 13.0 Å². The monoisotopic (exact) mass is 448 g/mol. The first kappa shape index (κ1) is 20.6. The molecule has 0 fully saturated rings. The third-order valence-corrected chi connectivity index (χ3v) is 7.00. The van der Waals surface area contributed by atoms with Crippen molar-refractivity contribution >= 4 is 84.2 Å². The van der Waals surface area contributed by atoms with Gasteiger partial charge in [-0.3, -0.25) is 4.55 Å². The van der Waals surface area contributed by atoms with Crippen LogP contribution in [0.15, 0.2) is 70.3 Å². The van der Waals surface area contributed by atoms with Crippen LogP contribution in [0.3, 0.4) is 0 Å². The Morgan fingerprint density at radius 3 is 1.79 bits per heavy atom. The third-order valence-electron chi connectivity index (χ3n) is 4.40. The van der Waals surface area contributed by atoms with Gasteiger partial charge in [0.1, 0.15) is 11.4 Å². The Kier molecular flexibility index (Phi) is 5.60. The molecule has 0 atom stereocenters. The van der Waals surface area contributed by atoms with Crippen LogP contribution in [0.2, 0.25) is 0 Å². The SMILES string of the molecule is O=S(=O)(O)c1ccc2cc3nc(-c4cccs4)c(-c4cccs4)nc3cc2c1.[NaH]. The minimum absolute atomic E-state index is 0. The quantitative estimate of drug-likeness (QED) is 0.243. The molecular weight excluding hydrogens is 435 g/mol. The van der Waals surface area contributed by atoms with E-state index in [0.29, 0.717) is 10.9 Å². The fourth-order valence-corrected chi connectivity index (χ4v) is 5.05. The van der Waals surface area contributed by atoms with E-state index in [0.717, 1.165) is 32.0 Å². The standard InChI is InChI=1S/C20H12N2O3S3.Na.H/c23-28(24,25)14-6-5-12-10-15-16(11-13(12)9-14)22-20(18-4-2-8-27-18)19(21-15)17-3-1-7-26-17;;/h1-11H,(H,23,24,25);;. The summed E-state index contributed by atoms with van der Waals surface area (Å²) in [6.07, 6.45) is 0. The molecule has 5 nitrogen and oxygen atoms in total. The van der Waals surface area contributed by atoms with Crippen LogP contribution in [0, 0.1) is 0 Å². The molecule has 1 N–H and O–H groups in total. The summed E-state index contributed by atoms with van der Waals surface area (Å²) in [7, 11) is -4.26. The molecule has 0 radical (unpaired) electrons. The Labute approximate surface area is 197 Å². The van der Waals surface area contributed by atoms with Crippen molar-refractivity contribution in [3.05, 3.63) is 65.4 Å². The second-order valence-corrected chi connectivity index (χ2v) is 9.52. The Morgan fingerprint density at radius 1 is 0.759 bits per heavy atom. The molecule has 140 valence electrons. The van der Waals surface area contributed by atoms with Gasteiger partial charge < -0.3 is 0 Å². The molecule has 5 rings (SSSR count). The van der Waals surface area contributed by atoms with Crippen molar-refractivity contribution in [1.29, 1.82) is 0 Å². The van der Waals surface area contributed by atoms with E-state index in [1.54, 1.807) is 28.7 Å². The molecule has 0 aliphatic carbocycles. The molecule has 5 aromatic rings. The van der Waals surface area contributed by atoms with Gasteiger partial charge in [0.15, 0.2) is 0 Å². The van der Waals surface area contributed by atoms with Crippen LogP contribution in [-0.2, 0) is 10.1 Å². The Morgan fingerprint density at radius 2 is 1.31 bits per heavy atom. The first-order valence-corrected chi connectivity index (χ1v) is 11.5. The van der Waals surface area contributed by atoms with E-state index in [2.05, 4.69) is 0 Å². The molecule has 0 saturated carbocycles. The maximum absolute atomic E-state index is 11.5. The van der Waals surface area contributed by atoms with Gasteiger partial charge in [0.05, 0.1) is 25.7 Å². The van der Waals surface area contributed by atoms with E-state index in [9.17, 15) is 13.0 Å². The van der Waals surface area contributed by atoms with Crippen LogP contribution < -0.4 is 0 Å². The number of hydrogen-bond donors (Lipinski definition) is 1. The molecule has 9 heteroatoms. The van der Waals surface area contributed by atoms with Crippen molar-refractivity contribution in [3.8, 4) is 21.1 Å². The summed E-state index contributed by atoms with van der Waals surface area (Å²) in [5.41, 5.74) is 3.04. The van der Waals surface area contributed by atoms with Gasteiger partial charge in [-0.25, -0.2) is 9.97 Å². The summed E-state index contributed by atoms with van der Waals surface area (Å²) in [5, 5.41) is 5.52. The van der Waals surface area contributed by atoms with Crippen LogP contribution in [-0.4, -0.2) is 52.5 Å². The zero-order valence-corrected chi connectivity index (χ0v) is 16.7. The van der Waals surface area contributed by atoms with Crippen molar-refractivity contribution in [3.63, 3.8) is 0 Å². The second-order valence-electron chi connectivity index (χ2n) is 6.20. The molecule has 0 bridgehead atoms. The van der Waals surface area contributed by atoms with Crippen LogP contribution in [0.25, 0.3) is 42.9 Å². The second kappa shape index (κ2) is 7.88. The number of thiophene rings is 2. The van der Waals surface area contributed by atoms with Gasteiger partial charge in [-0.05, 0) is 57.9 Å². The summed E-state index contributed by atoms with van der Waals surface area (Å²) in [6, 6.07) is 16.2. The van der Waals surface area contributed by atoms with Crippen LogP contribution in [0.1, 0.15) is 0 Å². The molecular formula is C20H13N2NaO3S3. The van der Waals surface area contributed by atoms with Crippen molar-refractivity contribution in [2.75, 3.05) is 0 Å². The third kappa shape index (κ3) is 3.89. The molecule has 29 heavy (non-hydrogen) atoms. The van der Waals surface area contributed by atoms with E-state index < -0.39 is 10.1 Å². The van der Waals surface area contributed by atoms with E-state index >= 15 is 0 Å². The van der Waals surface area contributed by atoms with Gasteiger partial charge in [0.25, 0.3) is 10.1 Å². The molecule has 3 heterocycles. The summed E-state index contributed by atoms with van der Waals surface area (Å²) < 4.78 is 32.2. The first-order chi connectivity index (χ1) is 13.5. The van der Waals surface area contributed by atoms with E-state index in [1.807, 2.05) is 47.2 Å². The van der Waals surface area contributed by atoms with Crippen LogP contribution in [0.5, 0.6) is 0 Å². The summed E-state index contributed by atoms with van der Waals surface area (Å²) in [6.45, 7) is 0. The van der Waals surface area contributed by atoms with Gasteiger partial charge in [0.2, 0.25) is 0 Å². The van der Waals surface area contributed by atoms with E-state index in [1.165, 1.54) is 12.1 Å². The number of fused-ring (bicyclic) bond motifs is 2. The number of hydrogen-bond acceptors (Lipinski definition) is 6. The zero-order chi connectivity index (χ0) is 19.3. The molecule has 0 aliphatic rings. The van der Waals surface area contributed by atoms with Gasteiger partial charge in [-0.2, -0.15) is 8.42 Å². The minimum atomic E-state index is -4.26. The average Bonchev–Trinajstić information content (AvgIpc) is 3.37. The Balaban J connectivity index is 0.00000205. The molecule has 0 amide bonds. The van der Waals surface area contributed by atoms with E-state index in [-0.39, 0.29) is 34.5 Å². The van der Waals surface area contributed by atoms with E-state index in [4.69, 9.17) is 9.97 Å². The van der Waals surface area contributed by atoms with Gasteiger partial charge in [-0.1, -0.05) is 18.2 Å². The van der Waals surface area contributed by atoms with Gasteiger partial charge >= 0.3 is 29.6 Å². The molecule has 0 spiro atoms. The topological polar surface area (TPSA) is 80.2 Å². The predicted octanol–water partition coefficient (Wildman–Crippen LogP) is 4.84. The number of nitrogens with zero attached hydrogens (tertiary/aromatic N) is 2. The first-order valence-electron chi connectivity index (χ1n) is 8.30. The normalized spacial score (nSPS) is 11.6. The average molecular weight is 449 g/mol. The Bertz CT molecular complexity index is 1430.